The van der Waals surface area contributed by atoms with E-state index in [0.717, 1.165) is 39.3 Å². The molecule has 9 aromatic carbocycles. The molecule has 266 valence electrons. The number of hydrogen-bond donors (Lipinski definition) is 1. The quantitative estimate of drug-likeness (QED) is 0.156. The zero-order chi connectivity index (χ0) is 37.4. The van der Waals surface area contributed by atoms with Gasteiger partial charge in [0, 0.05) is 40.3 Å². The van der Waals surface area contributed by atoms with Crippen molar-refractivity contribution >= 4 is 54.7 Å². The van der Waals surface area contributed by atoms with Crippen LogP contribution in [0.4, 0.5) is 5.69 Å². The molecule has 0 aliphatic rings. The van der Waals surface area contributed by atoms with E-state index in [1.54, 1.807) is 0 Å². The minimum atomic E-state index is 0.528. The molecule has 56 heavy (non-hydrogen) atoms. The summed E-state index contributed by atoms with van der Waals surface area (Å²) in [5, 5.41) is 11.0. The number of fused-ring (bicyclic) bond motifs is 7. The van der Waals surface area contributed by atoms with Crippen molar-refractivity contribution in [3.05, 3.63) is 217 Å². The molecular formula is C53H39N3. The summed E-state index contributed by atoms with van der Waals surface area (Å²) in [5.74, 6) is 0. The predicted octanol–water partition coefficient (Wildman–Crippen LogP) is 13.5. The van der Waals surface area contributed by atoms with Crippen LogP contribution in [0.25, 0.3) is 71.3 Å². The third kappa shape index (κ3) is 5.91. The number of aromatic nitrogens is 1. The maximum absolute atomic E-state index is 5.43. The van der Waals surface area contributed by atoms with Gasteiger partial charge in [-0.2, -0.15) is 0 Å². The SMILES string of the molecule is CNc1ccccc1/C(=N\Cc1cccc(-n2c3ccc4ccccc4c3c3c4ccccc4ccc32)c1)c1cccc(-c2ccc(-c3ccccc3)cc2)c1. The topological polar surface area (TPSA) is 29.3 Å². The normalized spacial score (nSPS) is 11.8. The van der Waals surface area contributed by atoms with Crippen LogP contribution < -0.4 is 5.32 Å². The van der Waals surface area contributed by atoms with Crippen molar-refractivity contribution in [3.63, 3.8) is 0 Å². The Hall–Kier alpha value is -7.23. The Morgan fingerprint density at radius 1 is 0.482 bits per heavy atom. The Morgan fingerprint density at radius 2 is 1.05 bits per heavy atom. The highest BCUT2D eigenvalue weighted by molar-refractivity contribution is 6.28. The van der Waals surface area contributed by atoms with Gasteiger partial charge in [-0.25, -0.2) is 0 Å². The van der Waals surface area contributed by atoms with Crippen LogP contribution in [0.1, 0.15) is 16.7 Å². The Morgan fingerprint density at radius 3 is 1.75 bits per heavy atom. The maximum atomic E-state index is 5.43. The highest BCUT2D eigenvalue weighted by Crippen LogP contribution is 2.40. The van der Waals surface area contributed by atoms with Crippen molar-refractivity contribution in [1.82, 2.24) is 4.57 Å². The van der Waals surface area contributed by atoms with Gasteiger partial charge in [-0.05, 0) is 85.8 Å². The van der Waals surface area contributed by atoms with Crippen molar-refractivity contribution in [3.8, 4) is 27.9 Å². The van der Waals surface area contributed by atoms with E-state index in [4.69, 9.17) is 4.99 Å². The van der Waals surface area contributed by atoms with Gasteiger partial charge in [0.1, 0.15) is 0 Å². The summed E-state index contributed by atoms with van der Waals surface area (Å²) in [4.78, 5) is 5.43. The van der Waals surface area contributed by atoms with Crippen molar-refractivity contribution < 1.29 is 0 Å². The van der Waals surface area contributed by atoms with Crippen LogP contribution >= 0.6 is 0 Å². The van der Waals surface area contributed by atoms with Gasteiger partial charge >= 0.3 is 0 Å². The molecule has 0 amide bonds. The van der Waals surface area contributed by atoms with E-state index in [0.29, 0.717) is 6.54 Å². The number of anilines is 1. The van der Waals surface area contributed by atoms with Crippen LogP contribution in [0.15, 0.2) is 205 Å². The van der Waals surface area contributed by atoms with E-state index in [1.165, 1.54) is 60.0 Å². The molecule has 1 N–H and O–H groups in total. The Bertz CT molecular complexity index is 2990. The van der Waals surface area contributed by atoms with Crippen molar-refractivity contribution in [2.24, 2.45) is 4.99 Å². The average molecular weight is 718 g/mol. The van der Waals surface area contributed by atoms with Crippen molar-refractivity contribution in [2.45, 2.75) is 6.54 Å². The number of nitrogens with one attached hydrogen (secondary N) is 1. The lowest BCUT2D eigenvalue weighted by Crippen LogP contribution is -2.08. The second kappa shape index (κ2) is 14.2. The summed E-state index contributed by atoms with van der Waals surface area (Å²) >= 11 is 0. The average Bonchev–Trinajstić information content (AvgIpc) is 3.63. The zero-order valence-corrected chi connectivity index (χ0v) is 31.2. The summed E-state index contributed by atoms with van der Waals surface area (Å²) in [5.41, 5.74) is 13.6. The van der Waals surface area contributed by atoms with E-state index in [2.05, 4.69) is 210 Å². The summed E-state index contributed by atoms with van der Waals surface area (Å²) in [6.07, 6.45) is 0. The smallest absolute Gasteiger partial charge is 0.0744 e. The number of rotatable bonds is 8. The molecule has 10 rings (SSSR count). The first kappa shape index (κ1) is 33.3. The fraction of sp³-hybridized carbons (Fsp3) is 0.0377. The number of hydrogen-bond acceptors (Lipinski definition) is 2. The number of nitrogens with zero attached hydrogens (tertiary/aromatic N) is 2. The number of para-hydroxylation sites is 1. The molecule has 1 aromatic heterocycles. The molecule has 0 fully saturated rings. The fourth-order valence-electron chi connectivity index (χ4n) is 8.36. The van der Waals surface area contributed by atoms with E-state index < -0.39 is 0 Å². The molecule has 0 radical (unpaired) electrons. The fourth-order valence-corrected chi connectivity index (χ4v) is 8.36. The zero-order valence-electron chi connectivity index (χ0n) is 31.2. The molecular weight excluding hydrogens is 679 g/mol. The lowest BCUT2D eigenvalue weighted by Gasteiger charge is -2.15. The summed E-state index contributed by atoms with van der Waals surface area (Å²) < 4.78 is 2.43. The van der Waals surface area contributed by atoms with Gasteiger partial charge in [-0.1, -0.05) is 164 Å². The first-order chi connectivity index (χ1) is 27.7. The lowest BCUT2D eigenvalue weighted by molar-refractivity contribution is 1.05. The van der Waals surface area contributed by atoms with Crippen molar-refractivity contribution in [2.75, 3.05) is 12.4 Å². The van der Waals surface area contributed by atoms with E-state index in [-0.39, 0.29) is 0 Å². The van der Waals surface area contributed by atoms with Gasteiger partial charge in [-0.15, -0.1) is 0 Å². The molecule has 0 saturated heterocycles. The Kier molecular flexibility index (Phi) is 8.46. The van der Waals surface area contributed by atoms with Gasteiger partial charge < -0.3 is 9.88 Å². The van der Waals surface area contributed by atoms with Crippen LogP contribution in [-0.4, -0.2) is 17.3 Å². The summed E-state index contributed by atoms with van der Waals surface area (Å²) in [6.45, 7) is 0.528. The second-order valence-electron chi connectivity index (χ2n) is 14.4. The van der Waals surface area contributed by atoms with Crippen LogP contribution in [0.5, 0.6) is 0 Å². The third-order valence-electron chi connectivity index (χ3n) is 11.0. The van der Waals surface area contributed by atoms with Gasteiger partial charge in [0.15, 0.2) is 0 Å². The van der Waals surface area contributed by atoms with Crippen LogP contribution in [0.2, 0.25) is 0 Å². The minimum absolute atomic E-state index is 0.528. The Balaban J connectivity index is 1.07. The van der Waals surface area contributed by atoms with Gasteiger partial charge in [-0.3, -0.25) is 4.99 Å². The first-order valence-electron chi connectivity index (χ1n) is 19.2. The highest BCUT2D eigenvalue weighted by atomic mass is 15.0. The van der Waals surface area contributed by atoms with E-state index in [1.807, 2.05) is 7.05 Å². The first-order valence-corrected chi connectivity index (χ1v) is 19.2. The van der Waals surface area contributed by atoms with Gasteiger partial charge in [0.2, 0.25) is 0 Å². The molecule has 0 saturated carbocycles. The lowest BCUT2D eigenvalue weighted by atomic mass is 9.95. The van der Waals surface area contributed by atoms with Crippen LogP contribution in [-0.2, 0) is 6.54 Å². The molecule has 0 bridgehead atoms. The summed E-state index contributed by atoms with van der Waals surface area (Å²) in [6, 6.07) is 72.0. The monoisotopic (exact) mass is 717 g/mol. The third-order valence-corrected chi connectivity index (χ3v) is 11.0. The van der Waals surface area contributed by atoms with Gasteiger partial charge in [0.25, 0.3) is 0 Å². The number of benzene rings is 9. The molecule has 0 spiro atoms. The molecule has 0 aliphatic carbocycles. The van der Waals surface area contributed by atoms with Crippen molar-refractivity contribution in [1.29, 1.82) is 0 Å². The Labute approximate surface area is 326 Å². The van der Waals surface area contributed by atoms with E-state index in [9.17, 15) is 0 Å². The number of aliphatic imine (C=N–C) groups is 1. The maximum Gasteiger partial charge on any atom is 0.0744 e. The minimum Gasteiger partial charge on any atom is -0.388 e. The molecule has 0 unspecified atom stereocenters. The standard InChI is InChI=1S/C53H39N3/c1-54-48-24-10-9-23-47(48)53(43-19-12-18-42(34-43)39-27-25-38(26-28-39)37-14-3-2-4-15-37)55-35-36-13-11-20-44(33-36)56-49-31-29-40-16-5-7-21-45(40)51(49)52-46-22-8-6-17-41(46)30-32-50(52)56/h2-34,54H,35H2,1H3/b55-53-. The van der Waals surface area contributed by atoms with E-state index >= 15 is 0 Å². The molecule has 10 aromatic rings. The second-order valence-corrected chi connectivity index (χ2v) is 14.4. The highest BCUT2D eigenvalue weighted by Gasteiger charge is 2.18. The molecule has 3 nitrogen and oxygen atoms in total. The predicted molar refractivity (Wildman–Crippen MR) is 238 cm³/mol. The molecule has 1 heterocycles. The largest absolute Gasteiger partial charge is 0.388 e. The summed E-state index contributed by atoms with van der Waals surface area (Å²) in [7, 11) is 1.97. The van der Waals surface area contributed by atoms with Gasteiger partial charge in [0.05, 0.1) is 23.3 Å². The molecule has 3 heteroatoms. The van der Waals surface area contributed by atoms with Crippen LogP contribution in [0, 0.1) is 0 Å². The van der Waals surface area contributed by atoms with Crippen LogP contribution in [0.3, 0.4) is 0 Å². The molecule has 0 aliphatic heterocycles. The molecule has 0 atom stereocenters.